The van der Waals surface area contributed by atoms with E-state index in [2.05, 4.69) is 20.6 Å². The summed E-state index contributed by atoms with van der Waals surface area (Å²) in [5, 5.41) is 13.3. The second-order valence-electron chi connectivity index (χ2n) is 7.37. The van der Waals surface area contributed by atoms with Gasteiger partial charge in [0.1, 0.15) is 0 Å². The number of anilines is 3. The molecule has 3 rings (SSSR count). The van der Waals surface area contributed by atoms with Crippen LogP contribution >= 0.6 is 0 Å². The fourth-order valence-corrected chi connectivity index (χ4v) is 2.87. The van der Waals surface area contributed by atoms with E-state index in [4.69, 9.17) is 5.41 Å². The van der Waals surface area contributed by atoms with Crippen LogP contribution in [0.25, 0.3) is 11.3 Å². The van der Waals surface area contributed by atoms with Crippen molar-refractivity contribution in [2.45, 2.75) is 20.8 Å². The molecule has 0 radical (unpaired) electrons. The Morgan fingerprint density at radius 3 is 2.45 bits per heavy atom. The summed E-state index contributed by atoms with van der Waals surface area (Å²) in [5.41, 5.74) is 2.64. The van der Waals surface area contributed by atoms with Gasteiger partial charge < -0.3 is 16.0 Å². The van der Waals surface area contributed by atoms with Crippen LogP contribution in [0.1, 0.15) is 25.0 Å². The molecule has 1 heterocycles. The minimum Gasteiger partial charge on any atom is -0.326 e. The molecule has 0 aliphatic carbocycles. The Kier molecular flexibility index (Phi) is 6.40. The number of hydrogen-bond acceptors (Lipinski definition) is 6. The minimum atomic E-state index is -0.708. The Balaban J connectivity index is 1.97. The van der Waals surface area contributed by atoms with Crippen molar-refractivity contribution in [3.63, 3.8) is 0 Å². The van der Waals surface area contributed by atoms with Crippen molar-refractivity contribution in [1.29, 1.82) is 5.41 Å². The number of rotatable bonds is 7. The van der Waals surface area contributed by atoms with Crippen LogP contribution in [-0.2, 0) is 9.59 Å². The lowest BCUT2D eigenvalue weighted by Gasteiger charge is -2.11. The smallest absolute Gasteiger partial charge is 0.292 e. The van der Waals surface area contributed by atoms with E-state index in [1.165, 1.54) is 0 Å². The van der Waals surface area contributed by atoms with E-state index in [0.717, 1.165) is 17.5 Å². The van der Waals surface area contributed by atoms with Gasteiger partial charge in [-0.05, 0) is 31.2 Å². The van der Waals surface area contributed by atoms with Gasteiger partial charge in [-0.3, -0.25) is 19.4 Å². The van der Waals surface area contributed by atoms with Gasteiger partial charge >= 0.3 is 0 Å². The third-order valence-electron chi connectivity index (χ3n) is 4.56. The number of benzene rings is 2. The highest BCUT2D eigenvalue weighted by Crippen LogP contribution is 2.24. The van der Waals surface area contributed by atoms with E-state index in [9.17, 15) is 14.4 Å². The summed E-state index contributed by atoms with van der Waals surface area (Å²) in [6, 6.07) is 14.2. The van der Waals surface area contributed by atoms with Gasteiger partial charge in [0, 0.05) is 29.1 Å². The zero-order valence-electron chi connectivity index (χ0n) is 17.4. The average molecular weight is 417 g/mol. The Labute approximate surface area is 179 Å². The van der Waals surface area contributed by atoms with Crippen molar-refractivity contribution in [2.24, 2.45) is 5.92 Å². The van der Waals surface area contributed by atoms with E-state index >= 15 is 0 Å². The van der Waals surface area contributed by atoms with Gasteiger partial charge in [-0.15, -0.1) is 0 Å². The van der Waals surface area contributed by atoms with Crippen molar-refractivity contribution in [1.82, 2.24) is 9.97 Å². The number of ketones is 1. The van der Waals surface area contributed by atoms with Gasteiger partial charge in [0.05, 0.1) is 11.3 Å². The molecule has 158 valence electrons. The molecule has 0 aliphatic rings. The summed E-state index contributed by atoms with van der Waals surface area (Å²) in [5.74, 6) is -1.43. The molecule has 8 heteroatoms. The number of Topliss-reactive ketones (excluding diaryl/α,β-unsaturated/α-hetero) is 1. The molecule has 4 N–H and O–H groups in total. The second-order valence-corrected chi connectivity index (χ2v) is 7.37. The average Bonchev–Trinajstić information content (AvgIpc) is 2.74. The lowest BCUT2D eigenvalue weighted by Crippen LogP contribution is -2.26. The van der Waals surface area contributed by atoms with Gasteiger partial charge in [0.25, 0.3) is 11.5 Å². The van der Waals surface area contributed by atoms with Crippen LogP contribution in [0.15, 0.2) is 53.3 Å². The first-order valence-corrected chi connectivity index (χ1v) is 9.72. The van der Waals surface area contributed by atoms with E-state index in [-0.39, 0.29) is 17.2 Å². The lowest BCUT2D eigenvalue weighted by atomic mass is 10.1. The lowest BCUT2D eigenvalue weighted by molar-refractivity contribution is -0.136. The van der Waals surface area contributed by atoms with Crippen molar-refractivity contribution in [2.75, 3.05) is 10.6 Å². The Morgan fingerprint density at radius 2 is 1.81 bits per heavy atom. The molecule has 0 bridgehead atoms. The van der Waals surface area contributed by atoms with Crippen LogP contribution in [0.5, 0.6) is 0 Å². The first-order chi connectivity index (χ1) is 14.8. The van der Waals surface area contributed by atoms with Crippen molar-refractivity contribution < 1.29 is 9.59 Å². The molecule has 2 aromatic carbocycles. The number of nitrogens with zero attached hydrogens (tertiary/aromatic N) is 1. The van der Waals surface area contributed by atoms with Gasteiger partial charge in [-0.1, -0.05) is 43.7 Å². The Morgan fingerprint density at radius 1 is 1.10 bits per heavy atom. The number of H-pyrrole nitrogens is 1. The number of carbonyl (C=O) groups excluding carboxylic acids is 2. The van der Waals surface area contributed by atoms with Gasteiger partial charge in [-0.2, -0.15) is 0 Å². The summed E-state index contributed by atoms with van der Waals surface area (Å²) in [7, 11) is 0. The number of nitrogens with one attached hydrogen (secondary N) is 4. The van der Waals surface area contributed by atoms with Crippen LogP contribution in [0, 0.1) is 18.3 Å². The Bertz CT molecular complexity index is 1200. The first-order valence-electron chi connectivity index (χ1n) is 9.72. The highest BCUT2D eigenvalue weighted by Gasteiger charge is 2.18. The van der Waals surface area contributed by atoms with E-state index in [1.54, 1.807) is 38.1 Å². The predicted molar refractivity (Wildman–Crippen MR) is 121 cm³/mol. The fraction of sp³-hybridized carbons (Fsp3) is 0.174. The number of aryl methyl sites for hydroxylation is 1. The van der Waals surface area contributed by atoms with Crippen molar-refractivity contribution in [3.8, 4) is 11.3 Å². The third kappa shape index (κ3) is 5.11. The maximum Gasteiger partial charge on any atom is 0.292 e. The van der Waals surface area contributed by atoms with Gasteiger partial charge in [0.2, 0.25) is 11.7 Å². The molecule has 8 nitrogen and oxygen atoms in total. The number of carbonyl (C=O) groups is 2. The summed E-state index contributed by atoms with van der Waals surface area (Å²) in [6.07, 6.45) is 0.935. The standard InChI is InChI=1S/C23H23N5O3/c1-13(2)20(29)22(31)25-17-6-4-5-15(11-17)19-18(12-24)21(30)28-23(27-19)26-16-9-7-14(3)8-10-16/h4-13,24H,1-3H3,(H,25,31)(H2,26,27,28,30). The van der Waals surface area contributed by atoms with Crippen LogP contribution in [-0.4, -0.2) is 27.9 Å². The monoisotopic (exact) mass is 417 g/mol. The van der Waals surface area contributed by atoms with Crippen LogP contribution in [0.3, 0.4) is 0 Å². The van der Waals surface area contributed by atoms with E-state index in [1.807, 2.05) is 31.2 Å². The van der Waals surface area contributed by atoms with E-state index < -0.39 is 23.2 Å². The molecule has 0 atom stereocenters. The predicted octanol–water partition coefficient (Wildman–Crippen LogP) is 3.65. The zero-order valence-corrected chi connectivity index (χ0v) is 17.4. The number of aromatic amines is 1. The van der Waals surface area contributed by atoms with Crippen LogP contribution in [0.2, 0.25) is 0 Å². The highest BCUT2D eigenvalue weighted by molar-refractivity contribution is 6.41. The van der Waals surface area contributed by atoms with Gasteiger partial charge in [0.15, 0.2) is 0 Å². The second kappa shape index (κ2) is 9.17. The molecule has 0 unspecified atom stereocenters. The van der Waals surface area contributed by atoms with Crippen molar-refractivity contribution in [3.05, 3.63) is 70.0 Å². The molecule has 0 aliphatic heterocycles. The molecule has 0 fully saturated rings. The number of amides is 1. The van der Waals surface area contributed by atoms with Crippen molar-refractivity contribution >= 4 is 35.2 Å². The molecule has 31 heavy (non-hydrogen) atoms. The summed E-state index contributed by atoms with van der Waals surface area (Å²) in [6.45, 7) is 5.27. The topological polar surface area (TPSA) is 128 Å². The zero-order chi connectivity index (χ0) is 22.5. The van der Waals surface area contributed by atoms with E-state index in [0.29, 0.717) is 11.3 Å². The summed E-state index contributed by atoms with van der Waals surface area (Å²) in [4.78, 5) is 43.6. The maximum absolute atomic E-state index is 12.5. The third-order valence-corrected chi connectivity index (χ3v) is 4.56. The largest absolute Gasteiger partial charge is 0.326 e. The molecule has 1 amide bonds. The SMILES string of the molecule is Cc1ccc(Nc2nc(-c3cccc(NC(=O)C(=O)C(C)C)c3)c(C=N)c(=O)[nH]2)cc1. The van der Waals surface area contributed by atoms with Crippen LogP contribution in [0.4, 0.5) is 17.3 Å². The fourth-order valence-electron chi connectivity index (χ4n) is 2.87. The highest BCUT2D eigenvalue weighted by atomic mass is 16.2. The summed E-state index contributed by atoms with van der Waals surface area (Å²) < 4.78 is 0. The molecule has 3 aromatic rings. The molecular formula is C23H23N5O3. The number of aromatic nitrogens is 2. The number of hydrogen-bond donors (Lipinski definition) is 4. The quantitative estimate of drug-likeness (QED) is 0.345. The molecule has 0 saturated carbocycles. The van der Waals surface area contributed by atoms with Gasteiger partial charge in [-0.25, -0.2) is 4.98 Å². The van der Waals surface area contributed by atoms with Crippen LogP contribution < -0.4 is 16.2 Å². The minimum absolute atomic E-state index is 0.0798. The normalized spacial score (nSPS) is 10.6. The Hall–Kier alpha value is -4.07. The molecule has 1 aromatic heterocycles. The summed E-state index contributed by atoms with van der Waals surface area (Å²) >= 11 is 0. The molecular weight excluding hydrogens is 394 g/mol. The first kappa shape index (κ1) is 21.6. The molecule has 0 spiro atoms. The molecule has 0 saturated heterocycles. The maximum atomic E-state index is 12.5.